The maximum Gasteiger partial charge on any atom is 0.333 e. The Kier molecular flexibility index (Phi) is 3.89. The summed E-state index contributed by atoms with van der Waals surface area (Å²) in [6, 6.07) is -0.00794. The van der Waals surface area contributed by atoms with Crippen molar-refractivity contribution in [2.45, 2.75) is 33.4 Å². The van der Waals surface area contributed by atoms with Gasteiger partial charge in [0.05, 0.1) is 11.5 Å². The highest BCUT2D eigenvalue weighted by atomic mass is 32.1. The first kappa shape index (κ1) is 14.3. The van der Waals surface area contributed by atoms with Gasteiger partial charge < -0.3 is 10.3 Å². The van der Waals surface area contributed by atoms with Gasteiger partial charge in [0.1, 0.15) is 5.69 Å². The van der Waals surface area contributed by atoms with Crippen LogP contribution in [0.25, 0.3) is 0 Å². The predicted octanol–water partition coefficient (Wildman–Crippen LogP) is 2.04. The van der Waals surface area contributed by atoms with Crippen LogP contribution in [-0.4, -0.2) is 19.7 Å². The Morgan fingerprint density at radius 1 is 1.60 bits per heavy atom. The lowest BCUT2D eigenvalue weighted by atomic mass is 10.3. The molecule has 2 aromatic rings. The van der Waals surface area contributed by atoms with Crippen molar-refractivity contribution >= 4 is 22.8 Å². The number of aryl methyl sites for hydroxylation is 1. The zero-order valence-electron chi connectivity index (χ0n) is 11.3. The highest BCUT2D eigenvalue weighted by molar-refractivity contribution is 7.07. The van der Waals surface area contributed by atoms with Crippen molar-refractivity contribution in [1.82, 2.24) is 14.8 Å². The van der Waals surface area contributed by atoms with Crippen LogP contribution in [0.15, 0.2) is 10.2 Å². The number of hydrogen-bond acceptors (Lipinski definition) is 6. The fourth-order valence-electron chi connectivity index (χ4n) is 1.88. The lowest BCUT2D eigenvalue weighted by Gasteiger charge is -2.11. The maximum absolute atomic E-state index is 11.2. The topological polar surface area (TPSA) is 106 Å². The first-order chi connectivity index (χ1) is 9.40. The number of nitrogens with zero attached hydrogens (tertiary/aromatic N) is 3. The summed E-state index contributed by atoms with van der Waals surface area (Å²) in [6.45, 7) is 5.70. The summed E-state index contributed by atoms with van der Waals surface area (Å²) >= 11 is 1.06. The van der Waals surface area contributed by atoms with Gasteiger partial charge >= 0.3 is 10.6 Å². The number of anilines is 1. The number of thiazole rings is 1. The van der Waals surface area contributed by atoms with Gasteiger partial charge in [-0.2, -0.15) is 5.10 Å². The summed E-state index contributed by atoms with van der Waals surface area (Å²) in [4.78, 5) is 24.3. The maximum atomic E-state index is 11.2. The Bertz CT molecular complexity index is 685. The molecule has 0 unspecified atom stereocenters. The van der Waals surface area contributed by atoms with Crippen molar-refractivity contribution in [3.8, 4) is 0 Å². The number of nitro groups is 1. The van der Waals surface area contributed by atoms with Gasteiger partial charge in [0, 0.05) is 17.1 Å². The van der Waals surface area contributed by atoms with Gasteiger partial charge in [-0.15, -0.1) is 0 Å². The molecule has 20 heavy (non-hydrogen) atoms. The Hall–Kier alpha value is -2.16. The van der Waals surface area contributed by atoms with Gasteiger partial charge in [-0.1, -0.05) is 11.3 Å². The molecule has 9 heteroatoms. The number of hydrogen-bond donors (Lipinski definition) is 2. The third-order valence-electron chi connectivity index (χ3n) is 2.74. The van der Waals surface area contributed by atoms with E-state index in [4.69, 9.17) is 0 Å². The van der Waals surface area contributed by atoms with Crippen LogP contribution in [0.5, 0.6) is 0 Å². The van der Waals surface area contributed by atoms with Crippen molar-refractivity contribution in [2.75, 3.05) is 5.32 Å². The van der Waals surface area contributed by atoms with E-state index < -0.39 is 4.92 Å². The van der Waals surface area contributed by atoms with E-state index in [0.29, 0.717) is 23.8 Å². The van der Waals surface area contributed by atoms with Crippen LogP contribution in [0.1, 0.15) is 31.3 Å². The molecular formula is C11H15N5O3S. The third-order valence-corrected chi connectivity index (χ3v) is 3.46. The quantitative estimate of drug-likeness (QED) is 0.649. The summed E-state index contributed by atoms with van der Waals surface area (Å²) in [5, 5.41) is 20.0. The number of rotatable bonds is 5. The van der Waals surface area contributed by atoms with E-state index in [-0.39, 0.29) is 16.6 Å². The van der Waals surface area contributed by atoms with Gasteiger partial charge in [-0.3, -0.25) is 14.9 Å². The molecule has 0 spiro atoms. The summed E-state index contributed by atoms with van der Waals surface area (Å²) in [5.74, 6) is 0.356. The molecule has 0 saturated heterocycles. The highest BCUT2D eigenvalue weighted by Crippen LogP contribution is 2.30. The van der Waals surface area contributed by atoms with Crippen LogP contribution in [0, 0.1) is 17.0 Å². The molecule has 0 amide bonds. The van der Waals surface area contributed by atoms with E-state index in [9.17, 15) is 14.9 Å². The summed E-state index contributed by atoms with van der Waals surface area (Å²) in [6.07, 6.45) is 0. The predicted molar refractivity (Wildman–Crippen MR) is 76.3 cm³/mol. The smallest absolute Gasteiger partial charge is 0.333 e. The van der Waals surface area contributed by atoms with E-state index in [2.05, 4.69) is 15.4 Å². The van der Waals surface area contributed by atoms with Crippen LogP contribution in [0.4, 0.5) is 11.5 Å². The molecule has 2 N–H and O–H groups in total. The third kappa shape index (κ3) is 2.72. The van der Waals surface area contributed by atoms with Gasteiger partial charge in [-0.25, -0.2) is 4.68 Å². The molecule has 2 heterocycles. The van der Waals surface area contributed by atoms with Gasteiger partial charge in [-0.05, 0) is 20.8 Å². The van der Waals surface area contributed by atoms with Crippen molar-refractivity contribution in [3.05, 3.63) is 36.5 Å². The van der Waals surface area contributed by atoms with Crippen LogP contribution >= 0.6 is 11.3 Å². The lowest BCUT2D eigenvalue weighted by Crippen LogP contribution is -2.11. The molecule has 0 aliphatic carbocycles. The first-order valence-corrected chi connectivity index (χ1v) is 6.92. The summed E-state index contributed by atoms with van der Waals surface area (Å²) in [7, 11) is 0. The molecule has 108 valence electrons. The molecule has 0 fully saturated rings. The molecule has 0 aromatic carbocycles. The zero-order valence-corrected chi connectivity index (χ0v) is 12.2. The molecule has 0 atom stereocenters. The largest absolute Gasteiger partial charge is 0.359 e. The van der Waals surface area contributed by atoms with E-state index in [0.717, 1.165) is 11.3 Å². The second-order valence-corrected chi connectivity index (χ2v) is 5.45. The molecule has 0 saturated carbocycles. The Balaban J connectivity index is 2.33. The molecule has 0 radical (unpaired) electrons. The minimum atomic E-state index is -0.445. The highest BCUT2D eigenvalue weighted by Gasteiger charge is 2.26. The SMILES string of the molecule is Cc1nn(C(C)C)c(NCc2csc(=O)[nH]2)c1[N+](=O)[O-]. The average molecular weight is 297 g/mol. The molecule has 8 nitrogen and oxygen atoms in total. The van der Waals surface area contributed by atoms with Crippen LogP contribution in [-0.2, 0) is 6.54 Å². The van der Waals surface area contributed by atoms with E-state index in [1.165, 1.54) is 0 Å². The number of aromatic amines is 1. The first-order valence-electron chi connectivity index (χ1n) is 6.04. The fourth-order valence-corrected chi connectivity index (χ4v) is 2.46. The van der Waals surface area contributed by atoms with Gasteiger partial charge in [0.15, 0.2) is 0 Å². The second-order valence-electron chi connectivity index (χ2n) is 4.61. The monoisotopic (exact) mass is 297 g/mol. The number of H-pyrrole nitrogens is 1. The number of aromatic nitrogens is 3. The summed E-state index contributed by atoms with van der Waals surface area (Å²) in [5.41, 5.74) is 1.02. The van der Waals surface area contributed by atoms with Crippen molar-refractivity contribution in [1.29, 1.82) is 0 Å². The summed E-state index contributed by atoms with van der Waals surface area (Å²) < 4.78 is 1.58. The van der Waals surface area contributed by atoms with Crippen molar-refractivity contribution < 1.29 is 4.92 Å². The molecule has 2 aromatic heterocycles. The van der Waals surface area contributed by atoms with Crippen molar-refractivity contribution in [3.63, 3.8) is 0 Å². The van der Waals surface area contributed by atoms with Gasteiger partial charge in [0.25, 0.3) is 0 Å². The fraction of sp³-hybridized carbons (Fsp3) is 0.455. The lowest BCUT2D eigenvalue weighted by molar-refractivity contribution is -0.384. The average Bonchev–Trinajstić information content (AvgIpc) is 2.90. The Labute approximate surface area is 118 Å². The minimum Gasteiger partial charge on any atom is -0.359 e. The molecule has 0 bridgehead atoms. The standard InChI is InChI=1S/C11H15N5O3S/c1-6(2)15-10(9(16(18)19)7(3)14-15)12-4-8-5-20-11(17)13-8/h5-6,12H,4H2,1-3H3,(H,13,17). The Morgan fingerprint density at radius 3 is 2.80 bits per heavy atom. The second kappa shape index (κ2) is 5.45. The van der Waals surface area contributed by atoms with E-state index >= 15 is 0 Å². The van der Waals surface area contributed by atoms with Crippen molar-refractivity contribution in [2.24, 2.45) is 0 Å². The van der Waals surface area contributed by atoms with E-state index in [1.54, 1.807) is 17.0 Å². The van der Waals surface area contributed by atoms with E-state index in [1.807, 2.05) is 13.8 Å². The van der Waals surface area contributed by atoms with Crippen LogP contribution in [0.2, 0.25) is 0 Å². The van der Waals surface area contributed by atoms with Crippen LogP contribution in [0.3, 0.4) is 0 Å². The van der Waals surface area contributed by atoms with Crippen LogP contribution < -0.4 is 10.2 Å². The van der Waals surface area contributed by atoms with Gasteiger partial charge in [0.2, 0.25) is 5.82 Å². The normalized spacial score (nSPS) is 11.0. The number of nitrogens with one attached hydrogen (secondary N) is 2. The zero-order chi connectivity index (χ0) is 14.9. The molecular weight excluding hydrogens is 282 g/mol. The Morgan fingerprint density at radius 2 is 2.30 bits per heavy atom. The minimum absolute atomic E-state index is 0.00794. The molecule has 2 rings (SSSR count). The molecule has 0 aliphatic rings. The molecule has 0 aliphatic heterocycles.